The fraction of sp³-hybridized carbons (Fsp3) is 0.786. The van der Waals surface area contributed by atoms with Crippen molar-refractivity contribution in [2.24, 2.45) is 11.0 Å². The molecule has 0 amide bonds. The Hall–Kier alpha value is -1.66. The lowest BCUT2D eigenvalue weighted by atomic mass is 9.85. The van der Waals surface area contributed by atoms with Crippen LogP contribution < -0.4 is 0 Å². The van der Waals surface area contributed by atoms with Gasteiger partial charge < -0.3 is 4.74 Å². The summed E-state index contributed by atoms with van der Waals surface area (Å²) in [5.74, 6) is 6.32. The van der Waals surface area contributed by atoms with E-state index in [1.54, 1.807) is 6.92 Å². The number of carbonyl (C=O) groups excluding carboxylic acids is 1. The SMILES string of the molecule is CCOC(=O)CCCC#CC1CCCCC1N=[N+]=[N-]. The molecule has 1 aliphatic carbocycles. The number of rotatable bonds is 5. The first-order valence-corrected chi connectivity index (χ1v) is 6.96. The number of carbonyl (C=O) groups is 1. The normalized spacial score (nSPS) is 21.7. The first-order chi connectivity index (χ1) is 9.27. The van der Waals surface area contributed by atoms with Crippen molar-refractivity contribution >= 4 is 5.97 Å². The minimum Gasteiger partial charge on any atom is -0.466 e. The molecule has 5 heteroatoms. The number of ether oxygens (including phenoxy) is 1. The highest BCUT2D eigenvalue weighted by molar-refractivity contribution is 5.69. The molecule has 5 nitrogen and oxygen atoms in total. The molecule has 2 atom stereocenters. The van der Waals surface area contributed by atoms with E-state index in [9.17, 15) is 4.79 Å². The Balaban J connectivity index is 2.31. The van der Waals surface area contributed by atoms with Crippen LogP contribution in [0.2, 0.25) is 0 Å². The summed E-state index contributed by atoms with van der Waals surface area (Å²) < 4.78 is 4.85. The smallest absolute Gasteiger partial charge is 0.305 e. The molecular formula is C14H21N3O2. The summed E-state index contributed by atoms with van der Waals surface area (Å²) in [5.41, 5.74) is 8.52. The van der Waals surface area contributed by atoms with Gasteiger partial charge in [-0.25, -0.2) is 0 Å². The summed E-state index contributed by atoms with van der Waals surface area (Å²) >= 11 is 0. The molecule has 0 aliphatic heterocycles. The van der Waals surface area contributed by atoms with Crippen LogP contribution in [-0.2, 0) is 9.53 Å². The van der Waals surface area contributed by atoms with Gasteiger partial charge in [-0.3, -0.25) is 4.79 Å². The average Bonchev–Trinajstić information content (AvgIpc) is 2.41. The van der Waals surface area contributed by atoms with Crippen molar-refractivity contribution in [3.8, 4) is 11.8 Å². The quantitative estimate of drug-likeness (QED) is 0.190. The van der Waals surface area contributed by atoms with Crippen LogP contribution in [0, 0.1) is 17.8 Å². The molecule has 0 N–H and O–H groups in total. The van der Waals surface area contributed by atoms with Crippen molar-refractivity contribution in [1.82, 2.24) is 0 Å². The predicted octanol–water partition coefficient (Wildman–Crippen LogP) is 3.59. The molecule has 19 heavy (non-hydrogen) atoms. The average molecular weight is 263 g/mol. The fourth-order valence-corrected chi connectivity index (χ4v) is 2.24. The Labute approximate surface area is 114 Å². The molecule has 1 fully saturated rings. The van der Waals surface area contributed by atoms with Gasteiger partial charge in [-0.2, -0.15) is 0 Å². The van der Waals surface area contributed by atoms with Crippen LogP contribution in [0.1, 0.15) is 51.9 Å². The number of azide groups is 1. The van der Waals surface area contributed by atoms with Crippen molar-refractivity contribution in [2.45, 2.75) is 57.9 Å². The van der Waals surface area contributed by atoms with Crippen molar-refractivity contribution < 1.29 is 9.53 Å². The highest BCUT2D eigenvalue weighted by Crippen LogP contribution is 2.26. The van der Waals surface area contributed by atoms with Crippen LogP contribution in [0.5, 0.6) is 0 Å². The molecule has 0 heterocycles. The molecule has 104 valence electrons. The van der Waals surface area contributed by atoms with Gasteiger partial charge in [-0.15, -0.1) is 5.92 Å². The van der Waals surface area contributed by atoms with Gasteiger partial charge in [-0.1, -0.05) is 23.9 Å². The Morgan fingerprint density at radius 1 is 1.47 bits per heavy atom. The number of unbranched alkanes of at least 4 members (excludes halogenated alkanes) is 1. The van der Waals surface area contributed by atoms with Gasteiger partial charge in [0.1, 0.15) is 0 Å². The first-order valence-electron chi connectivity index (χ1n) is 6.96. The third-order valence-corrected chi connectivity index (χ3v) is 3.20. The zero-order valence-corrected chi connectivity index (χ0v) is 11.5. The molecular weight excluding hydrogens is 242 g/mol. The molecule has 1 aliphatic rings. The minimum absolute atomic E-state index is 0.0244. The maximum atomic E-state index is 11.1. The number of esters is 1. The van der Waals surface area contributed by atoms with Gasteiger partial charge in [0.2, 0.25) is 0 Å². The van der Waals surface area contributed by atoms with E-state index < -0.39 is 0 Å². The standard InChI is InChI=1S/C14H21N3O2/c1-2-19-14(18)11-5-3-4-8-12-9-6-7-10-13(12)16-17-15/h12-13H,2-3,5-7,9-11H2,1H3. The zero-order valence-electron chi connectivity index (χ0n) is 11.5. The molecule has 0 radical (unpaired) electrons. The van der Waals surface area contributed by atoms with Crippen LogP contribution in [0.15, 0.2) is 5.11 Å². The Kier molecular flexibility index (Phi) is 7.53. The highest BCUT2D eigenvalue weighted by atomic mass is 16.5. The maximum Gasteiger partial charge on any atom is 0.305 e. The number of hydrogen-bond donors (Lipinski definition) is 0. The van der Waals surface area contributed by atoms with Gasteiger partial charge in [0.15, 0.2) is 0 Å². The van der Waals surface area contributed by atoms with E-state index >= 15 is 0 Å². The summed E-state index contributed by atoms with van der Waals surface area (Å²) in [5, 5.41) is 3.82. The van der Waals surface area contributed by atoms with Crippen LogP contribution in [0.3, 0.4) is 0 Å². The predicted molar refractivity (Wildman–Crippen MR) is 73.2 cm³/mol. The van der Waals surface area contributed by atoms with E-state index in [1.807, 2.05) is 0 Å². The topological polar surface area (TPSA) is 75.1 Å². The number of hydrogen-bond acceptors (Lipinski definition) is 3. The summed E-state index contributed by atoms with van der Waals surface area (Å²) in [6.45, 7) is 2.23. The molecule has 2 unspecified atom stereocenters. The van der Waals surface area contributed by atoms with E-state index in [-0.39, 0.29) is 17.9 Å². The zero-order chi connectivity index (χ0) is 13.9. The van der Waals surface area contributed by atoms with E-state index in [0.29, 0.717) is 19.4 Å². The monoisotopic (exact) mass is 263 g/mol. The molecule has 0 aromatic heterocycles. The summed E-state index contributed by atoms with van der Waals surface area (Å²) in [7, 11) is 0. The first kappa shape index (κ1) is 15.4. The second kappa shape index (κ2) is 9.29. The Bertz CT molecular complexity index is 391. The third kappa shape index (κ3) is 6.17. The molecule has 1 saturated carbocycles. The Morgan fingerprint density at radius 3 is 3.00 bits per heavy atom. The summed E-state index contributed by atoms with van der Waals surface area (Å²) in [6.07, 6.45) is 6.06. The lowest BCUT2D eigenvalue weighted by molar-refractivity contribution is -0.143. The summed E-state index contributed by atoms with van der Waals surface area (Å²) in [6, 6.07) is 0.0244. The van der Waals surface area contributed by atoms with E-state index in [2.05, 4.69) is 21.9 Å². The third-order valence-electron chi connectivity index (χ3n) is 3.20. The van der Waals surface area contributed by atoms with E-state index in [0.717, 1.165) is 32.1 Å². The number of nitrogens with zero attached hydrogens (tertiary/aromatic N) is 3. The highest BCUT2D eigenvalue weighted by Gasteiger charge is 2.21. The van der Waals surface area contributed by atoms with E-state index in [1.165, 1.54) is 0 Å². The second-order valence-corrected chi connectivity index (χ2v) is 4.64. The molecule has 0 spiro atoms. The van der Waals surface area contributed by atoms with Crippen LogP contribution in [-0.4, -0.2) is 18.6 Å². The van der Waals surface area contributed by atoms with Crippen molar-refractivity contribution in [3.63, 3.8) is 0 Å². The van der Waals surface area contributed by atoms with Crippen molar-refractivity contribution in [2.75, 3.05) is 6.61 Å². The van der Waals surface area contributed by atoms with Gasteiger partial charge in [-0.05, 0) is 31.7 Å². The second-order valence-electron chi connectivity index (χ2n) is 4.64. The molecule has 0 aromatic rings. The maximum absolute atomic E-state index is 11.1. The van der Waals surface area contributed by atoms with Crippen LogP contribution in [0.4, 0.5) is 0 Å². The van der Waals surface area contributed by atoms with Gasteiger partial charge >= 0.3 is 5.97 Å². The van der Waals surface area contributed by atoms with Crippen molar-refractivity contribution in [1.29, 1.82) is 0 Å². The van der Waals surface area contributed by atoms with Crippen LogP contribution >= 0.6 is 0 Å². The van der Waals surface area contributed by atoms with Gasteiger partial charge in [0.25, 0.3) is 0 Å². The van der Waals surface area contributed by atoms with E-state index in [4.69, 9.17) is 10.3 Å². The molecule has 0 bridgehead atoms. The fourth-order valence-electron chi connectivity index (χ4n) is 2.24. The lowest BCUT2D eigenvalue weighted by Gasteiger charge is -2.23. The molecule has 0 saturated heterocycles. The van der Waals surface area contributed by atoms with Crippen LogP contribution in [0.25, 0.3) is 10.4 Å². The van der Waals surface area contributed by atoms with Crippen molar-refractivity contribution in [3.05, 3.63) is 10.4 Å². The van der Waals surface area contributed by atoms with Gasteiger partial charge in [0.05, 0.1) is 12.6 Å². The summed E-state index contributed by atoms with van der Waals surface area (Å²) in [4.78, 5) is 14.0. The molecule has 1 rings (SSSR count). The van der Waals surface area contributed by atoms with Gasteiger partial charge in [0, 0.05) is 23.7 Å². The Morgan fingerprint density at radius 2 is 2.26 bits per heavy atom. The minimum atomic E-state index is -0.158. The largest absolute Gasteiger partial charge is 0.466 e. The lowest BCUT2D eigenvalue weighted by Crippen LogP contribution is -2.21. The molecule has 0 aromatic carbocycles.